The number of benzene rings is 1. The van der Waals surface area contributed by atoms with Gasteiger partial charge in [-0.3, -0.25) is 0 Å². The van der Waals surface area contributed by atoms with Crippen LogP contribution in [0.1, 0.15) is 102 Å². The number of ether oxygens (including phenoxy) is 1. The summed E-state index contributed by atoms with van der Waals surface area (Å²) in [6, 6.07) is 6.13. The fourth-order valence-electron chi connectivity index (χ4n) is 6.90. The topological polar surface area (TPSA) is 29.5 Å². The Morgan fingerprint density at radius 1 is 1.04 bits per heavy atom. The van der Waals surface area contributed by atoms with Crippen LogP contribution < -0.4 is 0 Å². The molecule has 2 saturated carbocycles. The summed E-state index contributed by atoms with van der Waals surface area (Å²) in [5.74, 6) is 2.78. The molecule has 0 radical (unpaired) electrons. The second kappa shape index (κ2) is 8.78. The van der Waals surface area contributed by atoms with Gasteiger partial charge < -0.3 is 9.84 Å². The number of unbranched alkanes of at least 4 members (excludes halogenated alkanes) is 5. The highest BCUT2D eigenvalue weighted by molar-refractivity contribution is 5.40. The molecule has 0 saturated heterocycles. The molecule has 3 aliphatic rings. The van der Waals surface area contributed by atoms with Crippen molar-refractivity contribution in [3.63, 3.8) is 0 Å². The van der Waals surface area contributed by atoms with Crippen molar-refractivity contribution in [2.75, 3.05) is 6.61 Å². The van der Waals surface area contributed by atoms with Crippen molar-refractivity contribution in [2.24, 2.45) is 17.3 Å². The molecule has 3 unspecified atom stereocenters. The summed E-state index contributed by atoms with van der Waals surface area (Å²) in [4.78, 5) is 0. The van der Waals surface area contributed by atoms with Gasteiger partial charge >= 0.3 is 0 Å². The molecule has 1 aromatic carbocycles. The first-order valence-corrected chi connectivity index (χ1v) is 12.1. The fourth-order valence-corrected chi connectivity index (χ4v) is 6.90. The summed E-state index contributed by atoms with van der Waals surface area (Å²) in [6.07, 6.45) is 16.2. The molecular formula is C26H40O2. The molecule has 5 atom stereocenters. The Balaban J connectivity index is 1.34. The second-order valence-electron chi connectivity index (χ2n) is 10.0. The minimum absolute atomic E-state index is 0.387. The van der Waals surface area contributed by atoms with Gasteiger partial charge in [0.1, 0.15) is 5.75 Å². The van der Waals surface area contributed by atoms with Gasteiger partial charge in [0.15, 0.2) is 0 Å². The van der Waals surface area contributed by atoms with E-state index in [2.05, 4.69) is 19.9 Å². The zero-order valence-corrected chi connectivity index (χ0v) is 18.1. The first kappa shape index (κ1) is 20.3. The molecule has 1 aromatic rings. The predicted octanol–water partition coefficient (Wildman–Crippen LogP) is 6.99. The average Bonchev–Trinajstić information content (AvgIpc) is 3.03. The van der Waals surface area contributed by atoms with Crippen molar-refractivity contribution >= 4 is 0 Å². The second-order valence-corrected chi connectivity index (χ2v) is 10.0. The van der Waals surface area contributed by atoms with E-state index in [0.29, 0.717) is 23.2 Å². The molecule has 2 nitrogen and oxygen atoms in total. The van der Waals surface area contributed by atoms with E-state index in [-0.39, 0.29) is 0 Å². The molecule has 156 valence electrons. The summed E-state index contributed by atoms with van der Waals surface area (Å²) >= 11 is 0. The van der Waals surface area contributed by atoms with Crippen LogP contribution in [0.2, 0.25) is 0 Å². The van der Waals surface area contributed by atoms with Gasteiger partial charge in [-0.15, -0.1) is 0 Å². The molecule has 0 spiro atoms. The van der Waals surface area contributed by atoms with Crippen LogP contribution in [0.5, 0.6) is 5.75 Å². The monoisotopic (exact) mass is 384 g/mol. The summed E-state index contributed by atoms with van der Waals surface area (Å²) < 4.78 is 6.51. The van der Waals surface area contributed by atoms with Gasteiger partial charge in [0.25, 0.3) is 0 Å². The number of phenols is 1. The number of aryl methyl sites for hydroxylation is 1. The molecule has 0 bridgehead atoms. The molecule has 4 rings (SSSR count). The maximum atomic E-state index is 9.86. The van der Waals surface area contributed by atoms with Crippen LogP contribution in [0.3, 0.4) is 0 Å². The van der Waals surface area contributed by atoms with Crippen molar-refractivity contribution in [3.05, 3.63) is 29.3 Å². The van der Waals surface area contributed by atoms with Crippen LogP contribution >= 0.6 is 0 Å². The summed E-state index contributed by atoms with van der Waals surface area (Å²) in [6.45, 7) is 5.79. The Kier molecular flexibility index (Phi) is 6.35. The minimum Gasteiger partial charge on any atom is -0.508 e. The van der Waals surface area contributed by atoms with Gasteiger partial charge in [0, 0.05) is 6.61 Å². The Labute approximate surface area is 172 Å². The maximum Gasteiger partial charge on any atom is 0.115 e. The number of phenolic OH excluding ortho intramolecular Hbond substituents is 1. The van der Waals surface area contributed by atoms with Crippen molar-refractivity contribution in [2.45, 2.75) is 103 Å². The molecule has 28 heavy (non-hydrogen) atoms. The molecule has 0 heterocycles. The van der Waals surface area contributed by atoms with E-state index in [1.54, 1.807) is 0 Å². The van der Waals surface area contributed by atoms with Crippen molar-refractivity contribution < 1.29 is 9.84 Å². The van der Waals surface area contributed by atoms with E-state index < -0.39 is 0 Å². The Hall–Kier alpha value is -1.02. The highest BCUT2D eigenvalue weighted by Crippen LogP contribution is 2.61. The van der Waals surface area contributed by atoms with Crippen LogP contribution in [-0.2, 0) is 11.2 Å². The van der Waals surface area contributed by atoms with E-state index in [9.17, 15) is 5.11 Å². The number of rotatable bonds is 8. The quantitative estimate of drug-likeness (QED) is 0.489. The molecule has 0 aromatic heterocycles. The zero-order chi connectivity index (χ0) is 19.6. The Bertz CT molecular complexity index is 654. The minimum atomic E-state index is 0.387. The normalized spacial score (nSPS) is 33.9. The third kappa shape index (κ3) is 3.86. The number of aromatic hydroxyl groups is 1. The molecule has 0 aliphatic heterocycles. The first-order chi connectivity index (χ1) is 13.6. The van der Waals surface area contributed by atoms with Gasteiger partial charge in [-0.2, -0.15) is 0 Å². The lowest BCUT2D eigenvalue weighted by Crippen LogP contribution is -2.44. The molecule has 3 aliphatic carbocycles. The van der Waals surface area contributed by atoms with Crippen LogP contribution in [0.15, 0.2) is 18.2 Å². The standard InChI is InChI=1S/C26H40O2/c1-3-4-5-6-7-8-17-28-25-14-13-24-23-11-9-19-18-20(27)10-12-21(19)22(23)15-16-26(24,25)2/h10,12,18,22-25,27H,3-9,11,13-17H2,1-2H3/t22?,23?,24?,25-,26-/m0/s1. The Morgan fingerprint density at radius 2 is 1.86 bits per heavy atom. The molecule has 0 amide bonds. The lowest BCUT2D eigenvalue weighted by molar-refractivity contribution is -0.0647. The van der Waals surface area contributed by atoms with Gasteiger partial charge in [0.05, 0.1) is 6.10 Å². The maximum absolute atomic E-state index is 9.86. The molecule has 2 heteroatoms. The Morgan fingerprint density at radius 3 is 2.71 bits per heavy atom. The van der Waals surface area contributed by atoms with Crippen molar-refractivity contribution in [1.82, 2.24) is 0 Å². The fraction of sp³-hybridized carbons (Fsp3) is 0.769. The summed E-state index contributed by atoms with van der Waals surface area (Å²) in [5.41, 5.74) is 3.32. The number of fused-ring (bicyclic) bond motifs is 5. The number of hydrogen-bond acceptors (Lipinski definition) is 2. The largest absolute Gasteiger partial charge is 0.508 e. The van der Waals surface area contributed by atoms with Gasteiger partial charge in [-0.1, -0.05) is 52.0 Å². The highest BCUT2D eigenvalue weighted by atomic mass is 16.5. The van der Waals surface area contributed by atoms with Gasteiger partial charge in [0.2, 0.25) is 0 Å². The predicted molar refractivity (Wildman–Crippen MR) is 116 cm³/mol. The highest BCUT2D eigenvalue weighted by Gasteiger charge is 2.55. The first-order valence-electron chi connectivity index (χ1n) is 12.1. The lowest BCUT2D eigenvalue weighted by Gasteiger charge is -2.50. The summed E-state index contributed by atoms with van der Waals surface area (Å²) in [7, 11) is 0. The smallest absolute Gasteiger partial charge is 0.115 e. The third-order valence-corrected chi connectivity index (χ3v) is 8.44. The average molecular weight is 385 g/mol. The van der Waals surface area contributed by atoms with E-state index in [4.69, 9.17) is 4.74 Å². The SMILES string of the molecule is CCCCCCCCO[C@H]1CCC2C3CCc4cc(O)ccc4C3CC[C@@]21C. The van der Waals surface area contributed by atoms with E-state index >= 15 is 0 Å². The lowest BCUT2D eigenvalue weighted by atomic mass is 9.55. The van der Waals surface area contributed by atoms with E-state index in [1.165, 1.54) is 81.8 Å². The molecule has 2 fully saturated rings. The van der Waals surface area contributed by atoms with E-state index in [1.807, 2.05) is 12.1 Å². The van der Waals surface area contributed by atoms with Crippen LogP contribution in [0.4, 0.5) is 0 Å². The van der Waals surface area contributed by atoms with E-state index in [0.717, 1.165) is 24.9 Å². The number of hydrogen-bond donors (Lipinski definition) is 1. The molecule has 1 N–H and O–H groups in total. The zero-order valence-electron chi connectivity index (χ0n) is 18.1. The third-order valence-electron chi connectivity index (χ3n) is 8.44. The van der Waals surface area contributed by atoms with Crippen LogP contribution in [0.25, 0.3) is 0 Å². The van der Waals surface area contributed by atoms with Gasteiger partial charge in [-0.05, 0) is 91.4 Å². The van der Waals surface area contributed by atoms with Crippen LogP contribution in [0, 0.1) is 17.3 Å². The molecular weight excluding hydrogens is 344 g/mol. The van der Waals surface area contributed by atoms with Crippen molar-refractivity contribution in [3.8, 4) is 5.75 Å². The summed E-state index contributed by atoms with van der Waals surface area (Å²) in [5, 5.41) is 9.86. The van der Waals surface area contributed by atoms with Gasteiger partial charge in [-0.25, -0.2) is 0 Å². The van der Waals surface area contributed by atoms with Crippen LogP contribution in [-0.4, -0.2) is 17.8 Å². The van der Waals surface area contributed by atoms with Crippen molar-refractivity contribution in [1.29, 1.82) is 0 Å².